The van der Waals surface area contributed by atoms with Crippen LogP contribution in [0.3, 0.4) is 0 Å². The minimum Gasteiger partial charge on any atom is -0.381 e. The first kappa shape index (κ1) is 14.0. The van der Waals surface area contributed by atoms with E-state index >= 15 is 0 Å². The van der Waals surface area contributed by atoms with Crippen molar-refractivity contribution in [1.29, 1.82) is 0 Å². The van der Waals surface area contributed by atoms with Crippen molar-refractivity contribution in [1.82, 2.24) is 5.32 Å². The lowest BCUT2D eigenvalue weighted by molar-refractivity contribution is -0.385. The third-order valence-electron chi connectivity index (χ3n) is 3.67. The van der Waals surface area contributed by atoms with Gasteiger partial charge < -0.3 is 10.1 Å². The Morgan fingerprint density at radius 3 is 3.00 bits per heavy atom. The normalized spacial score (nSPS) is 20.4. The summed E-state index contributed by atoms with van der Waals surface area (Å²) in [6, 6.07) is 5.54. The summed E-state index contributed by atoms with van der Waals surface area (Å²) in [5, 5.41) is 14.4. The molecule has 0 bridgehead atoms. The fourth-order valence-electron chi connectivity index (χ4n) is 2.30. The number of ether oxygens (including phenoxy) is 1. The molecule has 5 heteroatoms. The van der Waals surface area contributed by atoms with Gasteiger partial charge in [-0.3, -0.25) is 10.1 Å². The number of nitro benzene ring substituents is 1. The number of hydrogen-bond acceptors (Lipinski definition) is 4. The lowest BCUT2D eigenvalue weighted by Gasteiger charge is -2.17. The standard InChI is InChI=1S/C14H20N2O3/c1-10-3-4-13(7-14(10)16(17)18)11(2)15-8-12-5-6-19-9-12/h3-4,7,11-12,15H,5-6,8-9H2,1-2H3. The average molecular weight is 264 g/mol. The summed E-state index contributed by atoms with van der Waals surface area (Å²) >= 11 is 0. The molecule has 1 heterocycles. The van der Waals surface area contributed by atoms with Gasteiger partial charge in [0.2, 0.25) is 0 Å². The summed E-state index contributed by atoms with van der Waals surface area (Å²) in [4.78, 5) is 10.6. The van der Waals surface area contributed by atoms with Crippen LogP contribution in [0, 0.1) is 23.0 Å². The van der Waals surface area contributed by atoms with Crippen LogP contribution < -0.4 is 5.32 Å². The van der Waals surface area contributed by atoms with Crippen molar-refractivity contribution in [2.75, 3.05) is 19.8 Å². The van der Waals surface area contributed by atoms with Crippen molar-refractivity contribution in [2.24, 2.45) is 5.92 Å². The highest BCUT2D eigenvalue weighted by Gasteiger charge is 2.18. The van der Waals surface area contributed by atoms with E-state index in [-0.39, 0.29) is 16.7 Å². The Hall–Kier alpha value is -1.46. The predicted octanol–water partition coefficient (Wildman–Crippen LogP) is 2.59. The third-order valence-corrected chi connectivity index (χ3v) is 3.67. The fraction of sp³-hybridized carbons (Fsp3) is 0.571. The number of hydrogen-bond donors (Lipinski definition) is 1. The van der Waals surface area contributed by atoms with Gasteiger partial charge in [-0.1, -0.05) is 12.1 Å². The first-order chi connectivity index (χ1) is 9.08. The maximum Gasteiger partial charge on any atom is 0.272 e. The van der Waals surface area contributed by atoms with Crippen molar-refractivity contribution >= 4 is 5.69 Å². The summed E-state index contributed by atoms with van der Waals surface area (Å²) in [5.74, 6) is 0.558. The molecule has 2 atom stereocenters. The maximum atomic E-state index is 10.9. The smallest absolute Gasteiger partial charge is 0.272 e. The molecule has 104 valence electrons. The van der Waals surface area contributed by atoms with E-state index in [4.69, 9.17) is 4.74 Å². The van der Waals surface area contributed by atoms with Gasteiger partial charge in [0.1, 0.15) is 0 Å². The second-order valence-corrected chi connectivity index (χ2v) is 5.16. The highest BCUT2D eigenvalue weighted by molar-refractivity contribution is 5.43. The van der Waals surface area contributed by atoms with Gasteiger partial charge >= 0.3 is 0 Å². The first-order valence-corrected chi connectivity index (χ1v) is 6.64. The van der Waals surface area contributed by atoms with E-state index in [0.717, 1.165) is 31.7 Å². The van der Waals surface area contributed by atoms with Crippen LogP contribution >= 0.6 is 0 Å². The zero-order valence-corrected chi connectivity index (χ0v) is 11.4. The van der Waals surface area contributed by atoms with Gasteiger partial charge in [-0.15, -0.1) is 0 Å². The Bertz CT molecular complexity index is 456. The van der Waals surface area contributed by atoms with Crippen molar-refractivity contribution in [2.45, 2.75) is 26.3 Å². The molecule has 0 spiro atoms. The molecule has 1 fully saturated rings. The number of nitrogens with zero attached hydrogens (tertiary/aromatic N) is 1. The SMILES string of the molecule is Cc1ccc(C(C)NCC2CCOC2)cc1[N+](=O)[O-]. The molecule has 1 saturated heterocycles. The molecule has 0 saturated carbocycles. The molecule has 0 radical (unpaired) electrons. The highest BCUT2D eigenvalue weighted by Crippen LogP contribution is 2.23. The van der Waals surface area contributed by atoms with Gasteiger partial charge in [-0.2, -0.15) is 0 Å². The molecule has 1 aliphatic heterocycles. The van der Waals surface area contributed by atoms with Crippen molar-refractivity contribution < 1.29 is 9.66 Å². The van der Waals surface area contributed by atoms with Gasteiger partial charge in [-0.05, 0) is 31.7 Å². The second kappa shape index (κ2) is 6.12. The molecule has 0 aliphatic carbocycles. The Morgan fingerprint density at radius 1 is 1.58 bits per heavy atom. The van der Waals surface area contributed by atoms with Gasteiger partial charge in [-0.25, -0.2) is 0 Å². The van der Waals surface area contributed by atoms with Crippen LogP contribution in [0.1, 0.15) is 30.5 Å². The molecule has 5 nitrogen and oxygen atoms in total. The van der Waals surface area contributed by atoms with E-state index in [1.807, 2.05) is 19.1 Å². The van der Waals surface area contributed by atoms with E-state index in [0.29, 0.717) is 11.5 Å². The lowest BCUT2D eigenvalue weighted by atomic mass is 10.0. The number of nitrogens with one attached hydrogen (secondary N) is 1. The Morgan fingerprint density at radius 2 is 2.37 bits per heavy atom. The molecule has 1 aromatic carbocycles. The van der Waals surface area contributed by atoms with E-state index in [1.54, 1.807) is 13.0 Å². The lowest BCUT2D eigenvalue weighted by Crippen LogP contribution is -2.26. The second-order valence-electron chi connectivity index (χ2n) is 5.16. The van der Waals surface area contributed by atoms with E-state index < -0.39 is 0 Å². The summed E-state index contributed by atoms with van der Waals surface area (Å²) in [6.45, 7) is 6.34. The molecule has 1 aromatic rings. The molecular weight excluding hydrogens is 244 g/mol. The van der Waals surface area contributed by atoms with Crippen molar-refractivity contribution in [3.05, 3.63) is 39.4 Å². The number of aryl methyl sites for hydroxylation is 1. The number of rotatable bonds is 5. The van der Waals surface area contributed by atoms with E-state index in [2.05, 4.69) is 5.32 Å². The first-order valence-electron chi connectivity index (χ1n) is 6.64. The topological polar surface area (TPSA) is 64.4 Å². The molecule has 2 rings (SSSR count). The summed E-state index contributed by atoms with van der Waals surface area (Å²) in [7, 11) is 0. The van der Waals surface area contributed by atoms with Gasteiger partial charge in [0.25, 0.3) is 5.69 Å². The Labute approximate surface area is 113 Å². The predicted molar refractivity (Wildman–Crippen MR) is 73.2 cm³/mol. The van der Waals surface area contributed by atoms with Crippen molar-refractivity contribution in [3.8, 4) is 0 Å². The van der Waals surface area contributed by atoms with Crippen LogP contribution in [0.15, 0.2) is 18.2 Å². The quantitative estimate of drug-likeness (QED) is 0.655. The highest BCUT2D eigenvalue weighted by atomic mass is 16.6. The maximum absolute atomic E-state index is 10.9. The summed E-state index contributed by atoms with van der Waals surface area (Å²) < 4.78 is 5.33. The van der Waals surface area contributed by atoms with Crippen LogP contribution in [0.2, 0.25) is 0 Å². The van der Waals surface area contributed by atoms with Gasteiger partial charge in [0, 0.05) is 30.8 Å². The van der Waals surface area contributed by atoms with Crippen LogP contribution in [0.5, 0.6) is 0 Å². The molecule has 0 aromatic heterocycles. The number of benzene rings is 1. The zero-order chi connectivity index (χ0) is 13.8. The van der Waals surface area contributed by atoms with Gasteiger partial charge in [0.05, 0.1) is 11.5 Å². The Balaban J connectivity index is 1.99. The van der Waals surface area contributed by atoms with E-state index in [9.17, 15) is 10.1 Å². The molecular formula is C14H20N2O3. The minimum absolute atomic E-state index is 0.111. The third kappa shape index (κ3) is 3.52. The molecule has 1 N–H and O–H groups in total. The van der Waals surface area contributed by atoms with Crippen LogP contribution in [-0.4, -0.2) is 24.7 Å². The zero-order valence-electron chi connectivity index (χ0n) is 11.4. The monoisotopic (exact) mass is 264 g/mol. The molecule has 0 amide bonds. The summed E-state index contributed by atoms with van der Waals surface area (Å²) in [5.41, 5.74) is 1.84. The largest absolute Gasteiger partial charge is 0.381 e. The van der Waals surface area contributed by atoms with Crippen LogP contribution in [-0.2, 0) is 4.74 Å². The van der Waals surface area contributed by atoms with Crippen molar-refractivity contribution in [3.63, 3.8) is 0 Å². The van der Waals surface area contributed by atoms with Gasteiger partial charge in [0.15, 0.2) is 0 Å². The van der Waals surface area contributed by atoms with Crippen LogP contribution in [0.25, 0.3) is 0 Å². The summed E-state index contributed by atoms with van der Waals surface area (Å²) in [6.07, 6.45) is 1.09. The number of nitro groups is 1. The Kier molecular flexibility index (Phi) is 4.50. The molecule has 1 aliphatic rings. The minimum atomic E-state index is -0.323. The van der Waals surface area contributed by atoms with E-state index in [1.165, 1.54) is 0 Å². The molecule has 2 unspecified atom stereocenters. The average Bonchev–Trinajstić information content (AvgIpc) is 2.89. The van der Waals surface area contributed by atoms with Crippen LogP contribution in [0.4, 0.5) is 5.69 Å². The fourth-order valence-corrected chi connectivity index (χ4v) is 2.30. The molecule has 19 heavy (non-hydrogen) atoms.